The van der Waals surface area contributed by atoms with Crippen LogP contribution in [0.3, 0.4) is 0 Å². The number of hydrogen-bond donors (Lipinski definition) is 0. The van der Waals surface area contributed by atoms with Gasteiger partial charge in [0, 0.05) is 6.92 Å². The van der Waals surface area contributed by atoms with Crippen LogP contribution in [0.1, 0.15) is 64.4 Å². The molecule has 0 amide bonds. The maximum absolute atomic E-state index is 13.5. The van der Waals surface area contributed by atoms with Crippen molar-refractivity contribution in [3.63, 3.8) is 0 Å². The third-order valence-corrected chi connectivity index (χ3v) is 4.03. The van der Waals surface area contributed by atoms with Crippen LogP contribution in [0, 0.1) is 0 Å². The van der Waals surface area contributed by atoms with Crippen molar-refractivity contribution >= 4 is 11.5 Å². The molecule has 25 heavy (non-hydrogen) atoms. The molecule has 0 spiro atoms. The summed E-state index contributed by atoms with van der Waals surface area (Å²) in [6, 6.07) is 8.55. The van der Waals surface area contributed by atoms with Gasteiger partial charge in [-0.05, 0) is 24.0 Å². The first-order valence-corrected chi connectivity index (χ1v) is 8.84. The van der Waals surface area contributed by atoms with E-state index < -0.39 is 24.3 Å². The molecule has 0 aromatic heterocycles. The van der Waals surface area contributed by atoms with Gasteiger partial charge in [-0.3, -0.25) is 4.79 Å². The van der Waals surface area contributed by atoms with E-state index in [0.717, 1.165) is 39.0 Å². The third kappa shape index (κ3) is 8.23. The van der Waals surface area contributed by atoms with Crippen LogP contribution in [-0.4, -0.2) is 18.8 Å². The first-order valence-electron chi connectivity index (χ1n) is 8.84. The van der Waals surface area contributed by atoms with Gasteiger partial charge >= 0.3 is 12.1 Å². The van der Waals surface area contributed by atoms with E-state index in [4.69, 9.17) is 0 Å². The second kappa shape index (κ2) is 11.0. The SMILES string of the molecule is CCCCCCCC/C(=C(/COC(C)=O)C(F)(F)F)c1ccccc1. The fourth-order valence-electron chi connectivity index (χ4n) is 2.70. The second-order valence-electron chi connectivity index (χ2n) is 6.12. The van der Waals surface area contributed by atoms with E-state index in [9.17, 15) is 18.0 Å². The van der Waals surface area contributed by atoms with Crippen molar-refractivity contribution in [1.29, 1.82) is 0 Å². The van der Waals surface area contributed by atoms with Crippen molar-refractivity contribution in [3.05, 3.63) is 41.5 Å². The van der Waals surface area contributed by atoms with Gasteiger partial charge in [0.15, 0.2) is 0 Å². The summed E-state index contributed by atoms with van der Waals surface area (Å²) in [5.74, 6) is -0.714. The quantitative estimate of drug-likeness (QED) is 0.362. The number of ether oxygens (including phenoxy) is 1. The summed E-state index contributed by atoms with van der Waals surface area (Å²) >= 11 is 0. The van der Waals surface area contributed by atoms with Crippen LogP contribution in [0.4, 0.5) is 13.2 Å². The van der Waals surface area contributed by atoms with Gasteiger partial charge in [-0.15, -0.1) is 0 Å². The van der Waals surface area contributed by atoms with E-state index in [1.54, 1.807) is 30.3 Å². The minimum Gasteiger partial charge on any atom is -0.461 e. The lowest BCUT2D eigenvalue weighted by molar-refractivity contribution is -0.143. The van der Waals surface area contributed by atoms with Crippen LogP contribution >= 0.6 is 0 Å². The molecule has 0 saturated carbocycles. The molecule has 0 radical (unpaired) electrons. The van der Waals surface area contributed by atoms with Gasteiger partial charge in [0.05, 0.1) is 5.57 Å². The molecule has 0 fully saturated rings. The molecule has 140 valence electrons. The smallest absolute Gasteiger partial charge is 0.416 e. The number of unbranched alkanes of at least 4 members (excludes halogenated alkanes) is 5. The molecule has 0 N–H and O–H groups in total. The number of rotatable bonds is 10. The van der Waals surface area contributed by atoms with Crippen molar-refractivity contribution < 1.29 is 22.7 Å². The van der Waals surface area contributed by atoms with E-state index in [-0.39, 0.29) is 5.57 Å². The highest BCUT2D eigenvalue weighted by Crippen LogP contribution is 2.35. The van der Waals surface area contributed by atoms with Crippen molar-refractivity contribution in [3.8, 4) is 0 Å². The zero-order valence-corrected chi connectivity index (χ0v) is 15.0. The number of allylic oxidation sites excluding steroid dienone is 1. The largest absolute Gasteiger partial charge is 0.461 e. The van der Waals surface area contributed by atoms with Crippen LogP contribution in [0.2, 0.25) is 0 Å². The highest BCUT2D eigenvalue weighted by molar-refractivity contribution is 5.71. The van der Waals surface area contributed by atoms with Crippen LogP contribution < -0.4 is 0 Å². The molecule has 5 heteroatoms. The zero-order valence-electron chi connectivity index (χ0n) is 15.0. The third-order valence-electron chi connectivity index (χ3n) is 4.03. The normalized spacial score (nSPS) is 12.7. The van der Waals surface area contributed by atoms with E-state index in [1.807, 2.05) is 0 Å². The summed E-state index contributed by atoms with van der Waals surface area (Å²) in [6.45, 7) is 2.50. The number of hydrogen-bond acceptors (Lipinski definition) is 2. The molecule has 1 aromatic carbocycles. The topological polar surface area (TPSA) is 26.3 Å². The summed E-state index contributed by atoms with van der Waals surface area (Å²) in [6.07, 6.45) is 1.82. The maximum Gasteiger partial charge on any atom is 0.416 e. The minimum absolute atomic E-state index is 0.227. The Morgan fingerprint density at radius 3 is 2.16 bits per heavy atom. The highest BCUT2D eigenvalue weighted by Gasteiger charge is 2.37. The molecule has 0 bridgehead atoms. The first kappa shape index (κ1) is 21.3. The second-order valence-corrected chi connectivity index (χ2v) is 6.12. The molecule has 1 aromatic rings. The number of alkyl halides is 3. The molecule has 1 rings (SSSR count). The lowest BCUT2D eigenvalue weighted by atomic mass is 9.94. The summed E-state index contributed by atoms with van der Waals surface area (Å²) in [5.41, 5.74) is 0.00262. The molecule has 0 saturated heterocycles. The van der Waals surface area contributed by atoms with E-state index in [1.165, 1.54) is 0 Å². The Hall–Kier alpha value is -1.78. The Balaban J connectivity index is 2.98. The van der Waals surface area contributed by atoms with Gasteiger partial charge in [0.1, 0.15) is 6.61 Å². The van der Waals surface area contributed by atoms with Gasteiger partial charge in [-0.1, -0.05) is 69.4 Å². The van der Waals surface area contributed by atoms with E-state index >= 15 is 0 Å². The number of esters is 1. The molecule has 0 aliphatic rings. The Morgan fingerprint density at radius 2 is 1.60 bits per heavy atom. The fourth-order valence-corrected chi connectivity index (χ4v) is 2.70. The monoisotopic (exact) mass is 356 g/mol. The van der Waals surface area contributed by atoms with Gasteiger partial charge < -0.3 is 4.74 Å². The molecular formula is C20H27F3O2. The molecule has 0 atom stereocenters. The van der Waals surface area contributed by atoms with Crippen molar-refractivity contribution in [2.45, 2.75) is 65.0 Å². The number of benzene rings is 1. The molecule has 0 aliphatic carbocycles. The Bertz CT molecular complexity index is 548. The van der Waals surface area contributed by atoms with Crippen molar-refractivity contribution in [2.24, 2.45) is 0 Å². The lowest BCUT2D eigenvalue weighted by Crippen LogP contribution is -2.20. The summed E-state index contributed by atoms with van der Waals surface area (Å²) in [7, 11) is 0. The lowest BCUT2D eigenvalue weighted by Gasteiger charge is -2.18. The molecular weight excluding hydrogens is 329 g/mol. The molecule has 2 nitrogen and oxygen atoms in total. The predicted molar refractivity (Wildman–Crippen MR) is 94.0 cm³/mol. The molecule has 0 heterocycles. The average Bonchev–Trinajstić information content (AvgIpc) is 2.55. The maximum atomic E-state index is 13.5. The van der Waals surface area contributed by atoms with Gasteiger partial charge in [-0.2, -0.15) is 13.2 Å². The minimum atomic E-state index is -4.52. The van der Waals surface area contributed by atoms with Gasteiger partial charge in [0.2, 0.25) is 0 Å². The van der Waals surface area contributed by atoms with Gasteiger partial charge in [-0.25, -0.2) is 0 Å². The Kier molecular flexibility index (Phi) is 9.32. The van der Waals surface area contributed by atoms with Gasteiger partial charge in [0.25, 0.3) is 0 Å². The fraction of sp³-hybridized carbons (Fsp3) is 0.550. The van der Waals surface area contributed by atoms with Crippen molar-refractivity contribution in [2.75, 3.05) is 6.61 Å². The van der Waals surface area contributed by atoms with E-state index in [0.29, 0.717) is 18.4 Å². The van der Waals surface area contributed by atoms with Crippen LogP contribution in [-0.2, 0) is 9.53 Å². The summed E-state index contributed by atoms with van der Waals surface area (Å²) in [4.78, 5) is 11.0. The zero-order chi connectivity index (χ0) is 18.7. The summed E-state index contributed by atoms with van der Waals surface area (Å²) in [5, 5.41) is 0. The van der Waals surface area contributed by atoms with Crippen molar-refractivity contribution in [1.82, 2.24) is 0 Å². The highest BCUT2D eigenvalue weighted by atomic mass is 19.4. The number of carbonyl (C=O) groups is 1. The predicted octanol–water partition coefficient (Wildman–Crippen LogP) is 6.32. The Morgan fingerprint density at radius 1 is 1.00 bits per heavy atom. The van der Waals surface area contributed by atoms with Crippen LogP contribution in [0.15, 0.2) is 35.9 Å². The standard InChI is InChI=1S/C20H27F3O2/c1-3-4-5-6-7-11-14-18(17-12-9-8-10-13-17)19(20(21,22)23)15-25-16(2)24/h8-10,12-13H,3-7,11,14-15H2,1-2H3/b19-18+. The molecule has 0 aliphatic heterocycles. The number of halogens is 3. The summed E-state index contributed by atoms with van der Waals surface area (Å²) < 4.78 is 45.3. The van der Waals surface area contributed by atoms with E-state index in [2.05, 4.69) is 11.7 Å². The van der Waals surface area contributed by atoms with Crippen LogP contribution in [0.25, 0.3) is 5.57 Å². The Labute approximate surface area is 148 Å². The molecule has 0 unspecified atom stereocenters. The van der Waals surface area contributed by atoms with Crippen LogP contribution in [0.5, 0.6) is 0 Å². The average molecular weight is 356 g/mol. The number of carbonyl (C=O) groups excluding carboxylic acids is 1. The first-order chi connectivity index (χ1) is 11.9.